The van der Waals surface area contributed by atoms with E-state index in [0.29, 0.717) is 17.2 Å². The fourth-order valence-corrected chi connectivity index (χ4v) is 3.06. The van der Waals surface area contributed by atoms with Crippen LogP contribution in [-0.2, 0) is 15.8 Å². The maximum Gasteiger partial charge on any atom is 0.416 e. The lowest BCUT2D eigenvalue weighted by molar-refractivity contribution is -0.138. The monoisotopic (exact) mass is 486 g/mol. The number of nitrogens with one attached hydrogen (secondary N) is 3. The van der Waals surface area contributed by atoms with E-state index in [-0.39, 0.29) is 22.9 Å². The molecule has 1 heterocycles. The van der Waals surface area contributed by atoms with E-state index in [1.54, 1.807) is 24.3 Å². The first kappa shape index (κ1) is 25.2. The van der Waals surface area contributed by atoms with Gasteiger partial charge in [0.15, 0.2) is 0 Å². The summed E-state index contributed by atoms with van der Waals surface area (Å²) < 4.78 is 44.9. The Morgan fingerprint density at radius 2 is 1.57 bits per heavy atom. The number of hydrogen-bond acceptors (Lipinski definition) is 5. The highest BCUT2D eigenvalue weighted by molar-refractivity contribution is 6.08. The maximum atomic E-state index is 13.1. The molecule has 8 nitrogen and oxygen atoms in total. The molecule has 3 amide bonds. The van der Waals surface area contributed by atoms with Crippen molar-refractivity contribution >= 4 is 29.1 Å². The number of halogens is 3. The van der Waals surface area contributed by atoms with Crippen molar-refractivity contribution in [2.45, 2.75) is 19.5 Å². The molecule has 0 bridgehead atoms. The van der Waals surface area contributed by atoms with Crippen LogP contribution in [0.15, 0.2) is 60.8 Å². The molecule has 0 aliphatic heterocycles. The average Bonchev–Trinajstić information content (AvgIpc) is 2.79. The van der Waals surface area contributed by atoms with E-state index >= 15 is 0 Å². The van der Waals surface area contributed by atoms with E-state index in [2.05, 4.69) is 20.9 Å². The molecule has 0 radical (unpaired) electrons. The molecular formula is C24H21F3N4O4. The Kier molecular flexibility index (Phi) is 7.69. The van der Waals surface area contributed by atoms with Crippen molar-refractivity contribution in [3.05, 3.63) is 77.6 Å². The minimum atomic E-state index is -4.56. The third-order valence-corrected chi connectivity index (χ3v) is 4.69. The van der Waals surface area contributed by atoms with Crippen LogP contribution < -0.4 is 20.7 Å². The molecule has 0 atom stereocenters. The summed E-state index contributed by atoms with van der Waals surface area (Å²) in [6, 6.07) is 12.7. The van der Waals surface area contributed by atoms with Gasteiger partial charge in [0.05, 0.1) is 5.56 Å². The first-order chi connectivity index (χ1) is 16.5. The van der Waals surface area contributed by atoms with Gasteiger partial charge in [0, 0.05) is 36.8 Å². The number of ether oxygens (including phenoxy) is 1. The molecule has 35 heavy (non-hydrogen) atoms. The zero-order valence-electron chi connectivity index (χ0n) is 18.7. The molecule has 0 aliphatic carbocycles. The Bertz CT molecular complexity index is 1260. The van der Waals surface area contributed by atoms with Gasteiger partial charge in [0.25, 0.3) is 5.91 Å². The zero-order chi connectivity index (χ0) is 25.6. The number of rotatable bonds is 7. The number of hydrogen-bond donors (Lipinski definition) is 3. The smallest absolute Gasteiger partial charge is 0.416 e. The number of aromatic nitrogens is 1. The third-order valence-electron chi connectivity index (χ3n) is 4.69. The van der Waals surface area contributed by atoms with E-state index < -0.39 is 30.0 Å². The van der Waals surface area contributed by atoms with Gasteiger partial charge in [-0.15, -0.1) is 0 Å². The normalized spacial score (nSPS) is 10.9. The molecule has 0 spiro atoms. The van der Waals surface area contributed by atoms with Crippen molar-refractivity contribution in [1.82, 2.24) is 10.3 Å². The number of pyridine rings is 1. The van der Waals surface area contributed by atoms with Crippen LogP contribution in [0, 0.1) is 6.92 Å². The average molecular weight is 486 g/mol. The van der Waals surface area contributed by atoms with Crippen LogP contribution in [0.5, 0.6) is 11.5 Å². The second kappa shape index (κ2) is 10.7. The lowest BCUT2D eigenvalue weighted by Gasteiger charge is -2.13. The molecule has 11 heteroatoms. The number of carbonyl (C=O) groups is 3. The Morgan fingerprint density at radius 3 is 2.23 bits per heavy atom. The van der Waals surface area contributed by atoms with Crippen LogP contribution in [0.3, 0.4) is 0 Å². The van der Waals surface area contributed by atoms with E-state index in [1.165, 1.54) is 44.4 Å². The Balaban J connectivity index is 1.60. The molecule has 3 rings (SSSR count). The standard InChI is InChI=1S/C24H21F3N4O4/c1-14-6-7-16(11-19(14)24(25,26)27)31-22(33)13-21(32)30-15-4-3-5-17(10-15)35-18-8-9-29-20(12-18)23(34)28-2/h3-12H,13H2,1-2H3,(H,28,34)(H,30,32)(H,31,33). The van der Waals surface area contributed by atoms with Crippen molar-refractivity contribution < 1.29 is 32.3 Å². The molecule has 1 aromatic heterocycles. The second-order valence-corrected chi connectivity index (χ2v) is 7.39. The molecule has 3 N–H and O–H groups in total. The number of aryl methyl sites for hydroxylation is 1. The minimum Gasteiger partial charge on any atom is -0.457 e. The van der Waals surface area contributed by atoms with Crippen LogP contribution in [0.25, 0.3) is 0 Å². The molecule has 0 aliphatic rings. The van der Waals surface area contributed by atoms with Crippen LogP contribution in [0.2, 0.25) is 0 Å². The summed E-state index contributed by atoms with van der Waals surface area (Å²) in [5, 5.41) is 7.29. The van der Waals surface area contributed by atoms with Gasteiger partial charge in [0.1, 0.15) is 23.6 Å². The molecule has 0 saturated heterocycles. The Morgan fingerprint density at radius 1 is 0.914 bits per heavy atom. The first-order valence-corrected chi connectivity index (χ1v) is 10.3. The van der Waals surface area contributed by atoms with Crippen LogP contribution in [-0.4, -0.2) is 29.8 Å². The summed E-state index contributed by atoms with van der Waals surface area (Å²) in [5.41, 5.74) is -0.420. The SMILES string of the molecule is CNC(=O)c1cc(Oc2cccc(NC(=O)CC(=O)Nc3ccc(C)c(C(F)(F)F)c3)c2)ccn1. The maximum absolute atomic E-state index is 13.1. The molecule has 182 valence electrons. The number of benzene rings is 2. The Labute approximate surface area is 198 Å². The summed E-state index contributed by atoms with van der Waals surface area (Å²) in [4.78, 5) is 40.1. The number of alkyl halides is 3. The summed E-state index contributed by atoms with van der Waals surface area (Å²) in [6.07, 6.45) is -3.76. The van der Waals surface area contributed by atoms with Gasteiger partial charge in [0.2, 0.25) is 11.8 Å². The largest absolute Gasteiger partial charge is 0.457 e. The fourth-order valence-electron chi connectivity index (χ4n) is 3.06. The van der Waals surface area contributed by atoms with Gasteiger partial charge in [-0.2, -0.15) is 13.2 Å². The second-order valence-electron chi connectivity index (χ2n) is 7.39. The number of carbonyl (C=O) groups excluding carboxylic acids is 3. The summed E-state index contributed by atoms with van der Waals surface area (Å²) >= 11 is 0. The van der Waals surface area contributed by atoms with Gasteiger partial charge in [-0.25, -0.2) is 0 Å². The highest BCUT2D eigenvalue weighted by Gasteiger charge is 2.32. The van der Waals surface area contributed by atoms with Gasteiger partial charge < -0.3 is 20.7 Å². The highest BCUT2D eigenvalue weighted by atomic mass is 19.4. The minimum absolute atomic E-state index is 0.0203. The van der Waals surface area contributed by atoms with Gasteiger partial charge >= 0.3 is 6.18 Å². The molecular weight excluding hydrogens is 465 g/mol. The van der Waals surface area contributed by atoms with E-state index in [0.717, 1.165) is 6.07 Å². The number of amides is 3. The quantitative estimate of drug-likeness (QED) is 0.425. The summed E-state index contributed by atoms with van der Waals surface area (Å²) in [6.45, 7) is 1.31. The predicted molar refractivity (Wildman–Crippen MR) is 122 cm³/mol. The van der Waals surface area contributed by atoms with Crippen molar-refractivity contribution in [3.8, 4) is 11.5 Å². The topological polar surface area (TPSA) is 109 Å². The molecule has 3 aromatic rings. The lowest BCUT2D eigenvalue weighted by Crippen LogP contribution is -2.21. The molecule has 0 fully saturated rings. The van der Waals surface area contributed by atoms with Gasteiger partial charge in [-0.3, -0.25) is 19.4 Å². The van der Waals surface area contributed by atoms with E-state index in [4.69, 9.17) is 4.74 Å². The van der Waals surface area contributed by atoms with Gasteiger partial charge in [-0.1, -0.05) is 12.1 Å². The summed E-state index contributed by atoms with van der Waals surface area (Å²) in [5.74, 6) is -1.13. The van der Waals surface area contributed by atoms with Crippen LogP contribution in [0.1, 0.15) is 28.0 Å². The molecule has 2 aromatic carbocycles. The van der Waals surface area contributed by atoms with Crippen LogP contribution in [0.4, 0.5) is 24.5 Å². The lowest BCUT2D eigenvalue weighted by atomic mass is 10.1. The van der Waals surface area contributed by atoms with Crippen molar-refractivity contribution in [3.63, 3.8) is 0 Å². The third kappa shape index (κ3) is 7.03. The van der Waals surface area contributed by atoms with Gasteiger partial charge in [-0.05, 0) is 42.8 Å². The first-order valence-electron chi connectivity index (χ1n) is 10.3. The van der Waals surface area contributed by atoms with Crippen molar-refractivity contribution in [2.75, 3.05) is 17.7 Å². The van der Waals surface area contributed by atoms with Crippen molar-refractivity contribution in [2.24, 2.45) is 0 Å². The molecule has 0 unspecified atom stereocenters. The van der Waals surface area contributed by atoms with Crippen LogP contribution >= 0.6 is 0 Å². The zero-order valence-corrected chi connectivity index (χ0v) is 18.7. The Hall–Kier alpha value is -4.41. The highest BCUT2D eigenvalue weighted by Crippen LogP contribution is 2.33. The number of nitrogens with zero attached hydrogens (tertiary/aromatic N) is 1. The molecule has 0 saturated carbocycles. The fraction of sp³-hybridized carbons (Fsp3) is 0.167. The number of anilines is 2. The van der Waals surface area contributed by atoms with E-state index in [1.807, 2.05) is 0 Å². The van der Waals surface area contributed by atoms with E-state index in [9.17, 15) is 27.6 Å². The predicted octanol–water partition coefficient (Wildman–Crippen LogP) is 4.53. The summed E-state index contributed by atoms with van der Waals surface area (Å²) in [7, 11) is 1.48. The van der Waals surface area contributed by atoms with Crippen molar-refractivity contribution in [1.29, 1.82) is 0 Å².